The molecule has 0 spiro atoms. The van der Waals surface area contributed by atoms with Gasteiger partial charge in [0.1, 0.15) is 11.2 Å². The van der Waals surface area contributed by atoms with Crippen molar-refractivity contribution >= 4 is 30.4 Å². The molecular formula is C20H31N5OSi. The van der Waals surface area contributed by atoms with Crippen molar-refractivity contribution in [2.75, 3.05) is 26.2 Å². The zero-order valence-corrected chi connectivity index (χ0v) is 18.1. The fraction of sp³-hybridized carbons (Fsp3) is 0.600. The van der Waals surface area contributed by atoms with E-state index >= 15 is 0 Å². The van der Waals surface area contributed by atoms with Crippen LogP contribution in [0.1, 0.15) is 33.2 Å². The fourth-order valence-electron chi connectivity index (χ4n) is 3.70. The lowest BCUT2D eigenvalue weighted by atomic mass is 10.2. The Labute approximate surface area is 162 Å². The highest BCUT2D eigenvalue weighted by atomic mass is 28.4. The molecule has 0 saturated carbocycles. The molecule has 1 N–H and O–H groups in total. The molecular weight excluding hydrogens is 354 g/mol. The zero-order chi connectivity index (χ0) is 19.2. The van der Waals surface area contributed by atoms with Gasteiger partial charge in [-0.25, -0.2) is 9.97 Å². The maximum Gasteiger partial charge on any atom is 0.192 e. The Hall–Kier alpha value is -1.70. The van der Waals surface area contributed by atoms with Gasteiger partial charge in [-0.05, 0) is 30.6 Å². The van der Waals surface area contributed by atoms with E-state index in [1.807, 2.05) is 18.7 Å². The summed E-state index contributed by atoms with van der Waals surface area (Å²) in [6.07, 6.45) is 6.96. The quantitative estimate of drug-likeness (QED) is 0.669. The van der Waals surface area contributed by atoms with Crippen LogP contribution in [0.2, 0.25) is 18.1 Å². The summed E-state index contributed by atoms with van der Waals surface area (Å²) in [5.74, 6) is 0. The molecule has 6 nitrogen and oxygen atoms in total. The first-order valence-corrected chi connectivity index (χ1v) is 12.8. The van der Waals surface area contributed by atoms with E-state index < -0.39 is 8.32 Å². The number of nitrogens with one attached hydrogen (secondary N) is 1. The molecule has 1 saturated heterocycles. The molecule has 0 aliphatic carbocycles. The van der Waals surface area contributed by atoms with Gasteiger partial charge in [0, 0.05) is 43.9 Å². The largest absolute Gasteiger partial charge is 0.416 e. The summed E-state index contributed by atoms with van der Waals surface area (Å²) in [4.78, 5) is 14.8. The molecule has 146 valence electrons. The SMILES string of the molecule is CC(C)(C)[Si](C)(C)OCCN1CCC(n2cnc3cnc4[nH]ccc4c32)C1. The predicted molar refractivity (Wildman–Crippen MR) is 113 cm³/mol. The molecule has 1 unspecified atom stereocenters. The van der Waals surface area contributed by atoms with Crippen LogP contribution in [-0.2, 0) is 4.43 Å². The average molecular weight is 386 g/mol. The molecule has 27 heavy (non-hydrogen) atoms. The van der Waals surface area contributed by atoms with Crippen molar-refractivity contribution < 1.29 is 4.43 Å². The Morgan fingerprint density at radius 1 is 1.30 bits per heavy atom. The number of aromatic nitrogens is 4. The fourth-order valence-corrected chi connectivity index (χ4v) is 4.73. The Morgan fingerprint density at radius 2 is 2.11 bits per heavy atom. The van der Waals surface area contributed by atoms with Crippen molar-refractivity contribution in [1.82, 2.24) is 24.4 Å². The molecule has 1 atom stereocenters. The van der Waals surface area contributed by atoms with Crippen molar-refractivity contribution in [3.05, 3.63) is 24.8 Å². The predicted octanol–water partition coefficient (Wildman–Crippen LogP) is 4.18. The monoisotopic (exact) mass is 385 g/mol. The second-order valence-electron chi connectivity index (χ2n) is 9.24. The van der Waals surface area contributed by atoms with E-state index in [1.165, 1.54) is 5.52 Å². The molecule has 0 aromatic carbocycles. The number of rotatable bonds is 5. The third-order valence-electron chi connectivity index (χ3n) is 6.44. The highest BCUT2D eigenvalue weighted by Gasteiger charge is 2.37. The molecule has 4 heterocycles. The first kappa shape index (κ1) is 18.7. The number of imidazole rings is 1. The lowest BCUT2D eigenvalue weighted by Gasteiger charge is -2.36. The van der Waals surface area contributed by atoms with Crippen LogP contribution in [0.15, 0.2) is 24.8 Å². The summed E-state index contributed by atoms with van der Waals surface area (Å²) in [6.45, 7) is 15.6. The molecule has 0 amide bonds. The summed E-state index contributed by atoms with van der Waals surface area (Å²) in [6, 6.07) is 2.56. The highest BCUT2D eigenvalue weighted by Crippen LogP contribution is 2.36. The number of fused-ring (bicyclic) bond motifs is 3. The number of likely N-dealkylation sites (tertiary alicyclic amines) is 1. The van der Waals surface area contributed by atoms with Crippen LogP contribution in [0.4, 0.5) is 0 Å². The minimum absolute atomic E-state index is 0.270. The van der Waals surface area contributed by atoms with E-state index in [0.717, 1.165) is 49.2 Å². The van der Waals surface area contributed by atoms with Crippen LogP contribution in [0.3, 0.4) is 0 Å². The average Bonchev–Trinajstić information content (AvgIpc) is 3.31. The Morgan fingerprint density at radius 3 is 2.89 bits per heavy atom. The van der Waals surface area contributed by atoms with Crippen LogP contribution in [0.25, 0.3) is 22.1 Å². The van der Waals surface area contributed by atoms with Crippen molar-refractivity contribution in [3.8, 4) is 0 Å². The molecule has 1 aliphatic rings. The summed E-state index contributed by atoms with van der Waals surface area (Å²) >= 11 is 0. The standard InChI is InChI=1S/C20H31N5OSi/c1-20(2,3)27(4,5)26-11-10-24-9-7-15(13-24)25-14-23-17-12-22-19-16(18(17)25)6-8-21-19/h6,8,12,14-15H,7,9-11,13H2,1-5H3,(H,21,22). The maximum absolute atomic E-state index is 6.36. The lowest BCUT2D eigenvalue weighted by Crippen LogP contribution is -2.42. The summed E-state index contributed by atoms with van der Waals surface area (Å²) in [5.41, 5.74) is 3.11. The van der Waals surface area contributed by atoms with Crippen LogP contribution >= 0.6 is 0 Å². The second kappa shape index (κ2) is 6.72. The van der Waals surface area contributed by atoms with Crippen molar-refractivity contribution in [2.24, 2.45) is 0 Å². The van der Waals surface area contributed by atoms with Crippen molar-refractivity contribution in [1.29, 1.82) is 0 Å². The van der Waals surface area contributed by atoms with E-state index in [0.29, 0.717) is 6.04 Å². The number of pyridine rings is 1. The van der Waals surface area contributed by atoms with Gasteiger partial charge in [-0.2, -0.15) is 0 Å². The topological polar surface area (TPSA) is 59.0 Å². The molecule has 1 fully saturated rings. The van der Waals surface area contributed by atoms with Crippen LogP contribution in [0.5, 0.6) is 0 Å². The number of hydrogen-bond acceptors (Lipinski definition) is 4. The molecule has 0 radical (unpaired) electrons. The highest BCUT2D eigenvalue weighted by molar-refractivity contribution is 6.74. The van der Waals surface area contributed by atoms with Gasteiger partial charge < -0.3 is 14.0 Å². The lowest BCUT2D eigenvalue weighted by molar-refractivity contribution is 0.219. The molecule has 4 rings (SSSR count). The molecule has 7 heteroatoms. The molecule has 1 aliphatic heterocycles. The third kappa shape index (κ3) is 3.44. The van der Waals surface area contributed by atoms with Gasteiger partial charge in [-0.15, -0.1) is 0 Å². The summed E-state index contributed by atoms with van der Waals surface area (Å²) in [7, 11) is -1.66. The van der Waals surface area contributed by atoms with Crippen molar-refractivity contribution in [2.45, 2.75) is 51.4 Å². The molecule has 3 aromatic heterocycles. The van der Waals surface area contributed by atoms with Gasteiger partial charge in [0.15, 0.2) is 8.32 Å². The van der Waals surface area contributed by atoms with Gasteiger partial charge >= 0.3 is 0 Å². The third-order valence-corrected chi connectivity index (χ3v) is 11.0. The van der Waals surface area contributed by atoms with Gasteiger partial charge in [0.25, 0.3) is 0 Å². The number of nitrogens with zero attached hydrogens (tertiary/aromatic N) is 4. The minimum Gasteiger partial charge on any atom is -0.416 e. The van der Waals surface area contributed by atoms with Gasteiger partial charge in [0.05, 0.1) is 18.0 Å². The minimum atomic E-state index is -1.66. The van der Waals surface area contributed by atoms with Crippen LogP contribution < -0.4 is 0 Å². The van der Waals surface area contributed by atoms with Gasteiger partial charge in [-0.1, -0.05) is 20.8 Å². The van der Waals surface area contributed by atoms with Crippen LogP contribution in [-0.4, -0.2) is 59.0 Å². The van der Waals surface area contributed by atoms with E-state index in [2.05, 4.69) is 64.4 Å². The van der Waals surface area contributed by atoms with E-state index in [1.54, 1.807) is 0 Å². The van der Waals surface area contributed by atoms with E-state index in [-0.39, 0.29) is 5.04 Å². The number of H-pyrrole nitrogens is 1. The number of hydrogen-bond donors (Lipinski definition) is 1. The van der Waals surface area contributed by atoms with E-state index in [9.17, 15) is 0 Å². The number of aromatic amines is 1. The Kier molecular flexibility index (Phi) is 4.64. The smallest absolute Gasteiger partial charge is 0.192 e. The zero-order valence-electron chi connectivity index (χ0n) is 17.1. The first-order valence-electron chi connectivity index (χ1n) is 9.91. The van der Waals surface area contributed by atoms with Gasteiger partial charge in [0.2, 0.25) is 0 Å². The summed E-state index contributed by atoms with van der Waals surface area (Å²) in [5, 5.41) is 1.43. The van der Waals surface area contributed by atoms with E-state index in [4.69, 9.17) is 4.43 Å². The Balaban J connectivity index is 1.43. The molecule has 0 bridgehead atoms. The summed E-state index contributed by atoms with van der Waals surface area (Å²) < 4.78 is 8.71. The van der Waals surface area contributed by atoms with Gasteiger partial charge in [-0.3, -0.25) is 4.90 Å². The van der Waals surface area contributed by atoms with Crippen molar-refractivity contribution in [3.63, 3.8) is 0 Å². The second-order valence-corrected chi connectivity index (χ2v) is 14.0. The normalized spacial score (nSPS) is 19.5. The maximum atomic E-state index is 6.36. The Bertz CT molecular complexity index is 939. The molecule has 3 aromatic rings. The first-order chi connectivity index (χ1) is 12.8. The van der Waals surface area contributed by atoms with Crippen LogP contribution in [0, 0.1) is 0 Å².